The summed E-state index contributed by atoms with van der Waals surface area (Å²) in [6.07, 6.45) is 3.58. The molecule has 2 N–H and O–H groups in total. The molecule has 0 radical (unpaired) electrons. The highest BCUT2D eigenvalue weighted by atomic mass is 16.5. The summed E-state index contributed by atoms with van der Waals surface area (Å²) in [5.41, 5.74) is 0.570. The van der Waals surface area contributed by atoms with Crippen molar-refractivity contribution in [1.29, 1.82) is 5.41 Å². The number of pyridine rings is 1. The number of methoxy groups -OCH3 is 1. The van der Waals surface area contributed by atoms with Gasteiger partial charge >= 0.3 is 0 Å². The maximum atomic E-state index is 10.3. The number of nitrogens with one attached hydrogen (secondary N) is 2. The van der Waals surface area contributed by atoms with E-state index >= 15 is 0 Å². The number of anilines is 1. The number of aromatic nitrogens is 1. The summed E-state index contributed by atoms with van der Waals surface area (Å²) in [7, 11) is 1.42. The first-order chi connectivity index (χ1) is 8.74. The third-order valence-electron chi connectivity index (χ3n) is 2.05. The smallest absolute Gasteiger partial charge is 0.239 e. The number of carbonyl (C=O) groups is 1. The zero-order chi connectivity index (χ0) is 13.4. The minimum atomic E-state index is 0.0684. The maximum absolute atomic E-state index is 10.3. The van der Waals surface area contributed by atoms with E-state index in [4.69, 9.17) is 10.1 Å². The van der Waals surface area contributed by atoms with E-state index in [1.165, 1.54) is 13.3 Å². The summed E-state index contributed by atoms with van der Waals surface area (Å²) in [5.74, 6) is 0.565. The predicted molar refractivity (Wildman–Crippen MR) is 70.3 cm³/mol. The Morgan fingerprint density at radius 2 is 2.50 bits per heavy atom. The molecule has 0 amide bonds. The van der Waals surface area contributed by atoms with Gasteiger partial charge in [-0.15, -0.1) is 0 Å². The number of rotatable bonds is 6. The van der Waals surface area contributed by atoms with Gasteiger partial charge in [-0.05, 0) is 12.1 Å². The Hall–Kier alpha value is -2.50. The summed E-state index contributed by atoms with van der Waals surface area (Å²) in [6, 6.07) is 3.39. The van der Waals surface area contributed by atoms with Crippen LogP contribution in [0.2, 0.25) is 0 Å². The van der Waals surface area contributed by atoms with Gasteiger partial charge < -0.3 is 14.8 Å². The molecule has 0 fully saturated rings. The molecule has 6 heteroatoms. The number of nitrogens with zero attached hydrogens (tertiary/aromatic N) is 2. The second-order valence-electron chi connectivity index (χ2n) is 3.14. The van der Waals surface area contributed by atoms with Crippen molar-refractivity contribution in [2.24, 2.45) is 4.99 Å². The molecule has 0 bridgehead atoms. The first-order valence-corrected chi connectivity index (χ1v) is 5.19. The van der Waals surface area contributed by atoms with Gasteiger partial charge in [-0.3, -0.25) is 5.41 Å². The Kier molecular flexibility index (Phi) is 5.24. The van der Waals surface area contributed by atoms with E-state index < -0.39 is 0 Å². The maximum Gasteiger partial charge on any atom is 0.239 e. The monoisotopic (exact) mass is 246 g/mol. The van der Waals surface area contributed by atoms with E-state index in [1.54, 1.807) is 18.3 Å². The van der Waals surface area contributed by atoms with E-state index in [2.05, 4.69) is 21.9 Å². The largest absolute Gasteiger partial charge is 0.479 e. The van der Waals surface area contributed by atoms with Crippen LogP contribution in [-0.4, -0.2) is 36.5 Å². The standard InChI is InChI=1S/C12H14N4O2/c1-3-14-12(18-2)10(13)9-5-4-6-15-11(9)16-7-8-17/h3-6,8,13H,1,7H2,2H3,(H,15,16). The van der Waals surface area contributed by atoms with Crippen molar-refractivity contribution < 1.29 is 9.53 Å². The number of aliphatic imine (C=N–C) groups is 1. The van der Waals surface area contributed by atoms with Crippen LogP contribution in [0.4, 0.5) is 5.82 Å². The molecule has 1 rings (SSSR count). The zero-order valence-corrected chi connectivity index (χ0v) is 10.0. The molecule has 1 aromatic heterocycles. The molecule has 0 aliphatic rings. The second-order valence-corrected chi connectivity index (χ2v) is 3.14. The normalized spacial score (nSPS) is 10.6. The number of aldehydes is 1. The Morgan fingerprint density at radius 1 is 1.72 bits per heavy atom. The molecule has 0 spiro atoms. The summed E-state index contributed by atoms with van der Waals surface area (Å²) in [5, 5.41) is 10.8. The van der Waals surface area contributed by atoms with E-state index in [-0.39, 0.29) is 18.2 Å². The van der Waals surface area contributed by atoms with Crippen LogP contribution < -0.4 is 5.32 Å². The quantitative estimate of drug-likeness (QED) is 0.449. The number of carbonyl (C=O) groups excluding carboxylic acids is 1. The van der Waals surface area contributed by atoms with Crippen molar-refractivity contribution in [3.05, 3.63) is 36.7 Å². The molecule has 1 heterocycles. The van der Waals surface area contributed by atoms with Crippen molar-refractivity contribution in [2.75, 3.05) is 19.0 Å². The third kappa shape index (κ3) is 3.24. The first-order valence-electron chi connectivity index (χ1n) is 5.19. The fourth-order valence-corrected chi connectivity index (χ4v) is 1.30. The van der Waals surface area contributed by atoms with Gasteiger partial charge in [-0.1, -0.05) is 6.58 Å². The lowest BCUT2D eigenvalue weighted by molar-refractivity contribution is -0.106. The topological polar surface area (TPSA) is 87.4 Å². The van der Waals surface area contributed by atoms with Gasteiger partial charge in [0.15, 0.2) is 0 Å². The van der Waals surface area contributed by atoms with E-state index in [1.807, 2.05) is 0 Å². The minimum Gasteiger partial charge on any atom is -0.479 e. The van der Waals surface area contributed by atoms with Gasteiger partial charge in [0.05, 0.1) is 13.7 Å². The van der Waals surface area contributed by atoms with Gasteiger partial charge in [0.2, 0.25) is 5.90 Å². The molecule has 0 unspecified atom stereocenters. The van der Waals surface area contributed by atoms with Crippen molar-refractivity contribution in [3.63, 3.8) is 0 Å². The summed E-state index contributed by atoms with van der Waals surface area (Å²) < 4.78 is 5.00. The van der Waals surface area contributed by atoms with E-state index in [0.29, 0.717) is 11.4 Å². The summed E-state index contributed by atoms with van der Waals surface area (Å²) in [4.78, 5) is 18.3. The summed E-state index contributed by atoms with van der Waals surface area (Å²) in [6.45, 7) is 3.58. The molecular formula is C12H14N4O2. The highest BCUT2D eigenvalue weighted by Gasteiger charge is 2.14. The molecule has 0 saturated carbocycles. The van der Waals surface area contributed by atoms with Crippen LogP contribution in [-0.2, 0) is 9.53 Å². The Balaban J connectivity index is 3.07. The van der Waals surface area contributed by atoms with Crippen LogP contribution in [0.5, 0.6) is 0 Å². The van der Waals surface area contributed by atoms with Gasteiger partial charge in [0.25, 0.3) is 0 Å². The average molecular weight is 246 g/mol. The molecule has 0 saturated heterocycles. The van der Waals surface area contributed by atoms with Crippen LogP contribution in [0.3, 0.4) is 0 Å². The van der Waals surface area contributed by atoms with Crippen molar-refractivity contribution in [2.45, 2.75) is 0 Å². The highest BCUT2D eigenvalue weighted by Crippen LogP contribution is 2.12. The van der Waals surface area contributed by atoms with Gasteiger partial charge in [0, 0.05) is 18.0 Å². The van der Waals surface area contributed by atoms with Crippen LogP contribution >= 0.6 is 0 Å². The number of hydrogen-bond donors (Lipinski definition) is 2. The van der Waals surface area contributed by atoms with Crippen LogP contribution in [0.25, 0.3) is 0 Å². The molecule has 0 aliphatic carbocycles. The van der Waals surface area contributed by atoms with Crippen molar-refractivity contribution >= 4 is 23.7 Å². The lowest BCUT2D eigenvalue weighted by Crippen LogP contribution is -2.19. The minimum absolute atomic E-state index is 0.0684. The molecule has 94 valence electrons. The van der Waals surface area contributed by atoms with Crippen molar-refractivity contribution in [3.8, 4) is 0 Å². The SMILES string of the molecule is C=CN=C(OC)C(=N)c1cccnc1NCC=O. The van der Waals surface area contributed by atoms with Gasteiger partial charge in [-0.25, -0.2) is 9.98 Å². The Labute approximate surface area is 105 Å². The van der Waals surface area contributed by atoms with Crippen LogP contribution in [0.1, 0.15) is 5.56 Å². The molecule has 6 nitrogen and oxygen atoms in total. The number of hydrogen-bond acceptors (Lipinski definition) is 6. The molecule has 0 aromatic carbocycles. The summed E-state index contributed by atoms with van der Waals surface area (Å²) >= 11 is 0. The fourth-order valence-electron chi connectivity index (χ4n) is 1.30. The molecule has 0 atom stereocenters. The van der Waals surface area contributed by atoms with E-state index in [0.717, 1.165) is 6.29 Å². The second kappa shape index (κ2) is 6.95. The van der Waals surface area contributed by atoms with Gasteiger partial charge in [-0.2, -0.15) is 0 Å². The fraction of sp³-hybridized carbons (Fsp3) is 0.167. The average Bonchev–Trinajstić information content (AvgIpc) is 2.42. The predicted octanol–water partition coefficient (Wildman–Crippen LogP) is 1.25. The molecule has 0 aliphatic heterocycles. The zero-order valence-electron chi connectivity index (χ0n) is 10.0. The lowest BCUT2D eigenvalue weighted by Gasteiger charge is -2.10. The molecule has 18 heavy (non-hydrogen) atoms. The van der Waals surface area contributed by atoms with E-state index in [9.17, 15) is 4.79 Å². The lowest BCUT2D eigenvalue weighted by atomic mass is 10.1. The van der Waals surface area contributed by atoms with Crippen molar-refractivity contribution in [1.82, 2.24) is 4.98 Å². The first kappa shape index (κ1) is 13.6. The van der Waals surface area contributed by atoms with Gasteiger partial charge in [0.1, 0.15) is 17.8 Å². The Bertz CT molecular complexity index is 483. The highest BCUT2D eigenvalue weighted by molar-refractivity contribution is 6.45. The van der Waals surface area contributed by atoms with Crippen LogP contribution in [0.15, 0.2) is 36.1 Å². The van der Waals surface area contributed by atoms with Crippen LogP contribution in [0, 0.1) is 5.41 Å². The Morgan fingerprint density at radius 3 is 3.11 bits per heavy atom. The number of ether oxygens (including phenoxy) is 1. The molecule has 1 aromatic rings. The third-order valence-corrected chi connectivity index (χ3v) is 2.05. The molecular weight excluding hydrogens is 232 g/mol.